The van der Waals surface area contributed by atoms with Crippen LogP contribution in [0.5, 0.6) is 5.88 Å². The van der Waals surface area contributed by atoms with E-state index in [0.29, 0.717) is 18.4 Å². The lowest BCUT2D eigenvalue weighted by atomic mass is 9.77. The first-order valence-corrected chi connectivity index (χ1v) is 14.2. The maximum absolute atomic E-state index is 14.2. The predicted molar refractivity (Wildman–Crippen MR) is 153 cm³/mol. The average Bonchev–Trinajstić information content (AvgIpc) is 3.35. The van der Waals surface area contributed by atoms with Gasteiger partial charge in [-0.1, -0.05) is 56.7 Å². The van der Waals surface area contributed by atoms with Crippen LogP contribution in [0.15, 0.2) is 60.7 Å². The summed E-state index contributed by atoms with van der Waals surface area (Å²) in [6.45, 7) is 4.79. The number of esters is 1. The molecule has 0 radical (unpaired) electrons. The zero-order valence-electron chi connectivity index (χ0n) is 24.6. The Morgan fingerprint density at radius 2 is 1.61 bits per heavy atom. The molecule has 0 saturated heterocycles. The topological polar surface area (TPSA) is 69.9 Å². The number of carbonyl (C=O) groups excluding carboxylic acids is 2. The Bertz CT molecular complexity index is 1610. The summed E-state index contributed by atoms with van der Waals surface area (Å²) in [5.74, 6) is -3.23. The van der Waals surface area contributed by atoms with Crippen molar-refractivity contribution in [3.63, 3.8) is 0 Å². The summed E-state index contributed by atoms with van der Waals surface area (Å²) in [6, 6.07) is 15.1. The number of benzene rings is 2. The van der Waals surface area contributed by atoms with E-state index in [1.165, 1.54) is 18.2 Å². The molecule has 0 fully saturated rings. The van der Waals surface area contributed by atoms with Gasteiger partial charge in [0.15, 0.2) is 11.5 Å². The fourth-order valence-corrected chi connectivity index (χ4v) is 5.22. The van der Waals surface area contributed by atoms with E-state index in [1.807, 2.05) is 44.2 Å². The molecule has 6 nitrogen and oxygen atoms in total. The minimum atomic E-state index is -4.98. The van der Waals surface area contributed by atoms with E-state index < -0.39 is 58.4 Å². The lowest BCUT2D eigenvalue weighted by Gasteiger charge is -2.28. The van der Waals surface area contributed by atoms with Gasteiger partial charge >= 0.3 is 12.1 Å². The van der Waals surface area contributed by atoms with E-state index in [9.17, 15) is 31.5 Å². The molecule has 0 spiro atoms. The Morgan fingerprint density at radius 3 is 2.25 bits per heavy atom. The third-order valence-electron chi connectivity index (χ3n) is 7.44. The first kappa shape index (κ1) is 32.6. The van der Waals surface area contributed by atoms with Crippen molar-refractivity contribution < 1.29 is 41.0 Å². The third kappa shape index (κ3) is 7.81. The summed E-state index contributed by atoms with van der Waals surface area (Å²) >= 11 is 0. The number of fused-ring (bicyclic) bond motifs is 1. The molecule has 11 heteroatoms. The summed E-state index contributed by atoms with van der Waals surface area (Å²) in [5, 5.41) is 3.67. The zero-order valence-corrected chi connectivity index (χ0v) is 24.6. The molecule has 44 heavy (non-hydrogen) atoms. The molecule has 0 aliphatic carbocycles. The molecular formula is C33H33F5N2O4. The minimum absolute atomic E-state index is 0.00839. The van der Waals surface area contributed by atoms with Gasteiger partial charge in [0.05, 0.1) is 23.1 Å². The second-order valence-electron chi connectivity index (χ2n) is 11.2. The standard InChI is InChI=1S/C33H33F5N2O4/c1-4-14-32(3,18-29(42)44-19-22-9-6-5-7-10-22)15-13-27(41)30-26-16-21(2)17-28(40(26)39-31(30)33(36,37)38)43-20-23-24(34)11-8-12-25(23)35/h5-12,16-17H,4,13-15,18-20H2,1-3H3. The number of halogens is 5. The summed E-state index contributed by atoms with van der Waals surface area (Å²) in [6.07, 6.45) is -3.90. The van der Waals surface area contributed by atoms with Crippen LogP contribution < -0.4 is 4.74 Å². The van der Waals surface area contributed by atoms with Crippen LogP contribution in [0.1, 0.15) is 78.7 Å². The Labute approximate surface area is 251 Å². The highest BCUT2D eigenvalue weighted by atomic mass is 19.4. The molecule has 1 unspecified atom stereocenters. The molecule has 1 atom stereocenters. The number of hydrogen-bond donors (Lipinski definition) is 0. The maximum Gasteiger partial charge on any atom is 0.435 e. The van der Waals surface area contributed by atoms with Gasteiger partial charge in [-0.2, -0.15) is 22.8 Å². The van der Waals surface area contributed by atoms with Gasteiger partial charge in [-0.05, 0) is 54.5 Å². The molecule has 0 bridgehead atoms. The number of ketones is 1. The highest BCUT2D eigenvalue weighted by Gasteiger charge is 2.41. The van der Waals surface area contributed by atoms with Crippen LogP contribution in [0.25, 0.3) is 5.52 Å². The van der Waals surface area contributed by atoms with Crippen LogP contribution in [0.3, 0.4) is 0 Å². The molecule has 0 aliphatic rings. The van der Waals surface area contributed by atoms with Gasteiger partial charge in [0.2, 0.25) is 5.88 Å². The van der Waals surface area contributed by atoms with Crippen molar-refractivity contribution in [3.8, 4) is 5.88 Å². The van der Waals surface area contributed by atoms with Gasteiger partial charge in [0.25, 0.3) is 0 Å². The maximum atomic E-state index is 14.2. The van der Waals surface area contributed by atoms with E-state index >= 15 is 0 Å². The number of carbonyl (C=O) groups is 2. The van der Waals surface area contributed by atoms with Crippen molar-refractivity contribution in [2.75, 3.05) is 0 Å². The Hall–Kier alpha value is -4.28. The Balaban J connectivity index is 1.58. The van der Waals surface area contributed by atoms with Gasteiger partial charge in [-0.25, -0.2) is 8.78 Å². The second kappa shape index (κ2) is 13.6. The number of hydrogen-bond acceptors (Lipinski definition) is 5. The molecule has 0 saturated carbocycles. The Kier molecular flexibility index (Phi) is 10.1. The van der Waals surface area contributed by atoms with Crippen LogP contribution >= 0.6 is 0 Å². The molecular weight excluding hydrogens is 583 g/mol. The molecule has 0 N–H and O–H groups in total. The highest BCUT2D eigenvalue weighted by Crippen LogP contribution is 2.38. The first-order chi connectivity index (χ1) is 20.8. The van der Waals surface area contributed by atoms with Gasteiger partial charge in [0.1, 0.15) is 24.8 Å². The van der Waals surface area contributed by atoms with Crippen LogP contribution in [-0.2, 0) is 28.9 Å². The van der Waals surface area contributed by atoms with E-state index in [2.05, 4.69) is 5.10 Å². The van der Waals surface area contributed by atoms with Crippen molar-refractivity contribution in [2.24, 2.45) is 5.41 Å². The molecule has 2 aromatic heterocycles. The molecule has 234 valence electrons. The summed E-state index contributed by atoms with van der Waals surface area (Å²) < 4.78 is 82.7. The number of pyridine rings is 1. The van der Waals surface area contributed by atoms with Crippen molar-refractivity contribution in [3.05, 3.63) is 100 Å². The molecule has 2 aromatic carbocycles. The van der Waals surface area contributed by atoms with Crippen LogP contribution in [-0.4, -0.2) is 21.4 Å². The zero-order chi connectivity index (χ0) is 32.1. The van der Waals surface area contributed by atoms with Gasteiger partial charge in [-0.15, -0.1) is 0 Å². The lowest BCUT2D eigenvalue weighted by molar-refractivity contribution is -0.147. The summed E-state index contributed by atoms with van der Waals surface area (Å²) in [5.41, 5.74) is -2.01. The number of aromatic nitrogens is 2. The molecule has 2 heterocycles. The molecule has 4 aromatic rings. The fourth-order valence-electron chi connectivity index (χ4n) is 5.22. The molecule has 4 rings (SSSR count). The van der Waals surface area contributed by atoms with E-state index in [-0.39, 0.29) is 37.3 Å². The van der Waals surface area contributed by atoms with Crippen molar-refractivity contribution in [2.45, 2.75) is 72.3 Å². The van der Waals surface area contributed by atoms with Crippen LogP contribution in [0.2, 0.25) is 0 Å². The van der Waals surface area contributed by atoms with Crippen molar-refractivity contribution >= 4 is 17.3 Å². The Morgan fingerprint density at radius 1 is 0.932 bits per heavy atom. The summed E-state index contributed by atoms with van der Waals surface area (Å²) in [7, 11) is 0. The van der Waals surface area contributed by atoms with E-state index in [1.54, 1.807) is 6.92 Å². The minimum Gasteiger partial charge on any atom is -0.473 e. The number of nitrogens with zero attached hydrogens (tertiary/aromatic N) is 2. The van der Waals surface area contributed by atoms with E-state index in [4.69, 9.17) is 9.47 Å². The van der Waals surface area contributed by atoms with Gasteiger partial charge < -0.3 is 9.47 Å². The third-order valence-corrected chi connectivity index (χ3v) is 7.44. The number of Topliss-reactive ketones (excluding diaryl/α,β-unsaturated/α-hetero) is 1. The normalized spacial score (nSPS) is 13.1. The largest absolute Gasteiger partial charge is 0.473 e. The monoisotopic (exact) mass is 616 g/mol. The summed E-state index contributed by atoms with van der Waals surface area (Å²) in [4.78, 5) is 26.2. The highest BCUT2D eigenvalue weighted by molar-refractivity contribution is 6.04. The van der Waals surface area contributed by atoms with Gasteiger partial charge in [-0.3, -0.25) is 9.59 Å². The first-order valence-electron chi connectivity index (χ1n) is 14.2. The quantitative estimate of drug-likeness (QED) is 0.0857. The van der Waals surface area contributed by atoms with E-state index in [0.717, 1.165) is 22.2 Å². The fraction of sp³-hybridized carbons (Fsp3) is 0.364. The van der Waals surface area contributed by atoms with Crippen molar-refractivity contribution in [1.29, 1.82) is 0 Å². The van der Waals surface area contributed by atoms with Gasteiger partial charge in [0, 0.05) is 12.5 Å². The number of rotatable bonds is 13. The smallest absolute Gasteiger partial charge is 0.435 e. The second-order valence-corrected chi connectivity index (χ2v) is 11.2. The van der Waals surface area contributed by atoms with Crippen LogP contribution in [0.4, 0.5) is 22.0 Å². The number of aryl methyl sites for hydroxylation is 1. The predicted octanol–water partition coefficient (Wildman–Crippen LogP) is 8.42. The van der Waals surface area contributed by atoms with Crippen molar-refractivity contribution in [1.82, 2.24) is 9.61 Å². The number of ether oxygens (including phenoxy) is 2. The number of alkyl halides is 3. The molecule has 0 aliphatic heterocycles. The van der Waals surface area contributed by atoms with Crippen LogP contribution in [0, 0.1) is 24.0 Å². The lowest BCUT2D eigenvalue weighted by Crippen LogP contribution is -2.24. The average molecular weight is 617 g/mol. The SMILES string of the molecule is CCCC(C)(CCC(=O)c1c(C(F)(F)F)nn2c(OCc3c(F)cccc3F)cc(C)cc12)CC(=O)OCc1ccccc1. The molecule has 0 amide bonds.